The predicted molar refractivity (Wildman–Crippen MR) is 95.0 cm³/mol. The van der Waals surface area contributed by atoms with Crippen molar-refractivity contribution >= 4 is 17.9 Å². The summed E-state index contributed by atoms with van der Waals surface area (Å²) in [4.78, 5) is 27.5. The summed E-state index contributed by atoms with van der Waals surface area (Å²) in [5.74, 6) is 0.458. The molecule has 0 saturated heterocycles. The van der Waals surface area contributed by atoms with Gasteiger partial charge in [0.25, 0.3) is 11.8 Å². The second kappa shape index (κ2) is 9.07. The van der Waals surface area contributed by atoms with E-state index in [0.717, 1.165) is 0 Å². The summed E-state index contributed by atoms with van der Waals surface area (Å²) < 4.78 is 15.7. The molecule has 1 aromatic carbocycles. The summed E-state index contributed by atoms with van der Waals surface area (Å²) in [5.41, 5.74) is 5.65. The fourth-order valence-corrected chi connectivity index (χ4v) is 2.10. The van der Waals surface area contributed by atoms with E-state index in [1.807, 2.05) is 0 Å². The normalized spacial score (nSPS) is 10.3. The van der Waals surface area contributed by atoms with Crippen LogP contribution in [0.25, 0.3) is 6.08 Å². The number of carbonyl (C=O) groups excluding carboxylic acids is 2. The smallest absolute Gasteiger partial charge is 0.269 e. The molecule has 26 heavy (non-hydrogen) atoms. The Morgan fingerprint density at radius 2 is 1.58 bits per heavy atom. The average Bonchev–Trinajstić information content (AvgIpc) is 2.69. The monoisotopic (exact) mass is 357 g/mol. The number of hydrogen-bond donors (Lipinski definition) is 2. The molecule has 0 fully saturated rings. The van der Waals surface area contributed by atoms with Crippen molar-refractivity contribution in [3.63, 3.8) is 0 Å². The minimum Gasteiger partial charge on any atom is -0.493 e. The highest BCUT2D eigenvalue weighted by atomic mass is 16.5. The van der Waals surface area contributed by atoms with Crippen molar-refractivity contribution in [2.24, 2.45) is 0 Å². The standard InChI is InChI=1S/C18H19N3O5/c1-24-14-10-12(11-15(25-2)17(14)26-3)4-5-16(22)20-21-18(23)13-6-8-19-9-7-13/h4-11H,1-3H3,(H,20,22)(H,21,23)/b5-4+. The lowest BCUT2D eigenvalue weighted by molar-refractivity contribution is -0.117. The maximum Gasteiger partial charge on any atom is 0.269 e. The first-order valence-corrected chi connectivity index (χ1v) is 7.57. The minimum absolute atomic E-state index is 0.383. The molecule has 2 rings (SSSR count). The Bertz CT molecular complexity index is 781. The summed E-state index contributed by atoms with van der Waals surface area (Å²) in [6.07, 6.45) is 5.80. The van der Waals surface area contributed by atoms with Gasteiger partial charge in [0.05, 0.1) is 21.3 Å². The van der Waals surface area contributed by atoms with Gasteiger partial charge in [0, 0.05) is 24.0 Å². The molecule has 2 N–H and O–H groups in total. The van der Waals surface area contributed by atoms with E-state index in [1.165, 1.54) is 51.9 Å². The number of carbonyl (C=O) groups is 2. The van der Waals surface area contributed by atoms with E-state index in [2.05, 4.69) is 15.8 Å². The molecule has 0 aliphatic rings. The number of nitrogens with zero attached hydrogens (tertiary/aromatic N) is 1. The molecule has 0 aliphatic heterocycles. The third-order valence-corrected chi connectivity index (χ3v) is 3.36. The van der Waals surface area contributed by atoms with Crippen molar-refractivity contribution in [3.05, 3.63) is 53.9 Å². The van der Waals surface area contributed by atoms with Gasteiger partial charge in [-0.2, -0.15) is 0 Å². The van der Waals surface area contributed by atoms with E-state index in [0.29, 0.717) is 28.4 Å². The maximum absolute atomic E-state index is 11.9. The molecule has 0 unspecified atom stereocenters. The number of hydrogen-bond acceptors (Lipinski definition) is 6. The van der Waals surface area contributed by atoms with Crippen LogP contribution >= 0.6 is 0 Å². The van der Waals surface area contributed by atoms with Crippen LogP contribution in [0.4, 0.5) is 0 Å². The van der Waals surface area contributed by atoms with Crippen LogP contribution in [0.5, 0.6) is 17.2 Å². The molecule has 136 valence electrons. The molecule has 0 spiro atoms. The van der Waals surface area contributed by atoms with Crippen molar-refractivity contribution in [2.75, 3.05) is 21.3 Å². The molecule has 8 heteroatoms. The molecule has 2 aromatic rings. The average molecular weight is 357 g/mol. The van der Waals surface area contributed by atoms with Crippen LogP contribution in [0, 0.1) is 0 Å². The van der Waals surface area contributed by atoms with Gasteiger partial charge in [-0.1, -0.05) is 0 Å². The van der Waals surface area contributed by atoms with Gasteiger partial charge in [-0.05, 0) is 35.9 Å². The molecular weight excluding hydrogens is 338 g/mol. The molecule has 2 amide bonds. The third-order valence-electron chi connectivity index (χ3n) is 3.36. The number of benzene rings is 1. The first kappa shape index (κ1) is 18.8. The summed E-state index contributed by atoms with van der Waals surface area (Å²) in [6.45, 7) is 0. The Labute approximate surface area is 150 Å². The van der Waals surface area contributed by atoms with Gasteiger partial charge in [0.2, 0.25) is 5.75 Å². The van der Waals surface area contributed by atoms with Crippen molar-refractivity contribution in [1.82, 2.24) is 15.8 Å². The van der Waals surface area contributed by atoms with Crippen LogP contribution < -0.4 is 25.1 Å². The summed E-state index contributed by atoms with van der Waals surface area (Å²) in [7, 11) is 4.52. The van der Waals surface area contributed by atoms with E-state index in [4.69, 9.17) is 14.2 Å². The number of rotatable bonds is 6. The van der Waals surface area contributed by atoms with E-state index >= 15 is 0 Å². The molecule has 0 aliphatic carbocycles. The van der Waals surface area contributed by atoms with Crippen molar-refractivity contribution in [1.29, 1.82) is 0 Å². The lowest BCUT2D eigenvalue weighted by Crippen LogP contribution is -2.40. The summed E-state index contributed by atoms with van der Waals surface area (Å²) in [5, 5.41) is 0. The van der Waals surface area contributed by atoms with Crippen molar-refractivity contribution in [2.45, 2.75) is 0 Å². The zero-order chi connectivity index (χ0) is 18.9. The highest BCUT2D eigenvalue weighted by Gasteiger charge is 2.12. The van der Waals surface area contributed by atoms with Gasteiger partial charge >= 0.3 is 0 Å². The molecule has 0 bridgehead atoms. The molecule has 0 atom stereocenters. The highest BCUT2D eigenvalue weighted by Crippen LogP contribution is 2.38. The van der Waals surface area contributed by atoms with Crippen LogP contribution in [0.2, 0.25) is 0 Å². The topological polar surface area (TPSA) is 98.8 Å². The first-order valence-electron chi connectivity index (χ1n) is 7.57. The quantitative estimate of drug-likeness (QED) is 0.602. The Kier molecular flexibility index (Phi) is 6.55. The number of aromatic nitrogens is 1. The highest BCUT2D eigenvalue weighted by molar-refractivity contribution is 5.97. The number of amides is 2. The molecule has 1 heterocycles. The minimum atomic E-state index is -0.499. The lowest BCUT2D eigenvalue weighted by atomic mass is 10.1. The summed E-state index contributed by atoms with van der Waals surface area (Å²) >= 11 is 0. The molecular formula is C18H19N3O5. The Hall–Kier alpha value is -3.55. The van der Waals surface area contributed by atoms with Crippen LogP contribution in [-0.2, 0) is 4.79 Å². The van der Waals surface area contributed by atoms with Gasteiger partial charge in [-0.25, -0.2) is 0 Å². The van der Waals surface area contributed by atoms with Crippen molar-refractivity contribution in [3.8, 4) is 17.2 Å². The second-order valence-corrected chi connectivity index (χ2v) is 4.97. The fraction of sp³-hybridized carbons (Fsp3) is 0.167. The van der Waals surface area contributed by atoms with E-state index in [1.54, 1.807) is 18.2 Å². The SMILES string of the molecule is COc1cc(/C=C/C(=O)NNC(=O)c2ccncc2)cc(OC)c1OC. The predicted octanol–water partition coefficient (Wildman–Crippen LogP) is 1.58. The third kappa shape index (κ3) is 4.73. The number of ether oxygens (including phenoxy) is 3. The van der Waals surface area contributed by atoms with Gasteiger partial charge < -0.3 is 14.2 Å². The lowest BCUT2D eigenvalue weighted by Gasteiger charge is -2.12. The number of pyridine rings is 1. The van der Waals surface area contributed by atoms with Gasteiger partial charge in [-0.15, -0.1) is 0 Å². The largest absolute Gasteiger partial charge is 0.493 e. The van der Waals surface area contributed by atoms with Crippen LogP contribution in [0.3, 0.4) is 0 Å². The Morgan fingerprint density at radius 1 is 0.962 bits per heavy atom. The van der Waals surface area contributed by atoms with Gasteiger partial charge in [-0.3, -0.25) is 25.4 Å². The second-order valence-electron chi connectivity index (χ2n) is 4.97. The summed E-state index contributed by atoms with van der Waals surface area (Å²) in [6, 6.07) is 6.46. The fourth-order valence-electron chi connectivity index (χ4n) is 2.10. The van der Waals surface area contributed by atoms with Crippen LogP contribution in [0.1, 0.15) is 15.9 Å². The van der Waals surface area contributed by atoms with E-state index < -0.39 is 11.8 Å². The van der Waals surface area contributed by atoms with E-state index in [-0.39, 0.29) is 0 Å². The van der Waals surface area contributed by atoms with E-state index in [9.17, 15) is 9.59 Å². The molecule has 1 aromatic heterocycles. The Morgan fingerprint density at radius 3 is 2.12 bits per heavy atom. The van der Waals surface area contributed by atoms with Gasteiger partial charge in [0.15, 0.2) is 11.5 Å². The first-order chi connectivity index (χ1) is 12.6. The Balaban J connectivity index is 2.02. The van der Waals surface area contributed by atoms with Crippen molar-refractivity contribution < 1.29 is 23.8 Å². The molecule has 8 nitrogen and oxygen atoms in total. The maximum atomic E-state index is 11.9. The zero-order valence-corrected chi connectivity index (χ0v) is 14.6. The number of hydrazine groups is 1. The molecule has 0 radical (unpaired) electrons. The number of methoxy groups -OCH3 is 3. The zero-order valence-electron chi connectivity index (χ0n) is 14.6. The van der Waals surface area contributed by atoms with Crippen LogP contribution in [0.15, 0.2) is 42.7 Å². The number of nitrogens with one attached hydrogen (secondary N) is 2. The molecule has 0 saturated carbocycles. The van der Waals surface area contributed by atoms with Gasteiger partial charge in [0.1, 0.15) is 0 Å². The van der Waals surface area contributed by atoms with Crippen LogP contribution in [-0.4, -0.2) is 38.1 Å².